The molecular formula is C12H9BrF4N4O3S. The zero-order chi connectivity index (χ0) is 19.4. The minimum atomic E-state index is -5.08. The molecular weight excluding hydrogens is 436 g/mol. The van der Waals surface area contributed by atoms with Crippen molar-refractivity contribution in [3.8, 4) is 0 Å². The number of aromatic nitrogens is 1. The van der Waals surface area contributed by atoms with E-state index >= 15 is 0 Å². The number of nitrogens with two attached hydrogens (primary N) is 1. The molecule has 0 unspecified atom stereocenters. The van der Waals surface area contributed by atoms with E-state index in [1.165, 1.54) is 18.2 Å². The number of hydrogen-bond acceptors (Lipinski definition) is 6. The summed E-state index contributed by atoms with van der Waals surface area (Å²) < 4.78 is 48.9. The number of carboxylic acids is 1. The second kappa shape index (κ2) is 8.22. The predicted molar refractivity (Wildman–Crippen MR) is 85.4 cm³/mol. The number of hydrogen-bond donors (Lipinski definition) is 4. The third-order valence-electron chi connectivity index (χ3n) is 2.42. The van der Waals surface area contributed by atoms with Crippen LogP contribution in [0.5, 0.6) is 0 Å². The van der Waals surface area contributed by atoms with E-state index in [0.29, 0.717) is 10.8 Å². The number of nitrogens with one attached hydrogen (secondary N) is 1. The first-order chi connectivity index (χ1) is 11.4. The summed E-state index contributed by atoms with van der Waals surface area (Å²) in [6.07, 6.45) is -5.08. The van der Waals surface area contributed by atoms with Gasteiger partial charge in [0.05, 0.1) is 15.8 Å². The van der Waals surface area contributed by atoms with E-state index in [2.05, 4.69) is 20.3 Å². The second-order valence-electron chi connectivity index (χ2n) is 4.18. The smallest absolute Gasteiger partial charge is 0.475 e. The number of anilines is 2. The first-order valence-corrected chi connectivity index (χ1v) is 7.61. The molecule has 1 aromatic heterocycles. The third kappa shape index (κ3) is 5.65. The lowest BCUT2D eigenvalue weighted by molar-refractivity contribution is -0.192. The highest BCUT2D eigenvalue weighted by Gasteiger charge is 2.38. The van der Waals surface area contributed by atoms with Gasteiger partial charge in [-0.25, -0.2) is 14.2 Å². The quantitative estimate of drug-likeness (QED) is 0.243. The van der Waals surface area contributed by atoms with Crippen molar-refractivity contribution in [3.63, 3.8) is 0 Å². The van der Waals surface area contributed by atoms with E-state index in [0.717, 1.165) is 11.5 Å². The SMILES string of the molecule is N=C(c1nscc1N)N(O)c1ccc(F)c(Br)c1.O=C(O)C(F)(F)F. The molecule has 0 amide bonds. The Kier molecular flexibility index (Phi) is 6.84. The van der Waals surface area contributed by atoms with E-state index in [1.807, 2.05) is 0 Å². The number of alkyl halides is 3. The number of benzene rings is 1. The summed E-state index contributed by atoms with van der Waals surface area (Å²) in [6, 6.07) is 3.88. The highest BCUT2D eigenvalue weighted by Crippen LogP contribution is 2.24. The van der Waals surface area contributed by atoms with Crippen LogP contribution in [0.3, 0.4) is 0 Å². The van der Waals surface area contributed by atoms with Crippen LogP contribution in [0.25, 0.3) is 0 Å². The molecule has 0 radical (unpaired) electrons. The third-order valence-corrected chi connectivity index (χ3v) is 3.68. The van der Waals surface area contributed by atoms with Crippen LogP contribution < -0.4 is 10.8 Å². The summed E-state index contributed by atoms with van der Waals surface area (Å²) in [5, 5.41) is 26.9. The van der Waals surface area contributed by atoms with Gasteiger partial charge in [-0.1, -0.05) is 0 Å². The topological polar surface area (TPSA) is 124 Å². The first kappa shape index (κ1) is 20.8. The van der Waals surface area contributed by atoms with Gasteiger partial charge < -0.3 is 10.8 Å². The zero-order valence-corrected chi connectivity index (χ0v) is 14.3. The number of nitrogens with zero attached hydrogens (tertiary/aromatic N) is 2. The van der Waals surface area contributed by atoms with E-state index in [4.69, 9.17) is 21.0 Å². The van der Waals surface area contributed by atoms with Gasteiger partial charge in [0, 0.05) is 5.38 Å². The molecule has 0 saturated carbocycles. The first-order valence-electron chi connectivity index (χ1n) is 5.98. The zero-order valence-electron chi connectivity index (χ0n) is 11.9. The van der Waals surface area contributed by atoms with Crippen molar-refractivity contribution in [1.29, 1.82) is 5.41 Å². The molecule has 1 heterocycles. The van der Waals surface area contributed by atoms with E-state index in [9.17, 15) is 22.8 Å². The lowest BCUT2D eigenvalue weighted by Crippen LogP contribution is -2.28. The standard InChI is InChI=1S/C10H8BrFN4OS.C2HF3O2/c11-6-3-5(1-2-7(6)12)16(17)10(14)9-8(13)4-18-15-9;3-2(4,5)1(6)7/h1-4,14,17H,13H2;(H,6,7). The maximum absolute atomic E-state index is 13.1. The number of aliphatic carboxylic acids is 1. The van der Waals surface area contributed by atoms with Gasteiger partial charge in [-0.15, -0.1) is 0 Å². The Bertz CT molecular complexity index is 784. The molecule has 7 nitrogen and oxygen atoms in total. The normalized spacial score (nSPS) is 10.6. The highest BCUT2D eigenvalue weighted by atomic mass is 79.9. The molecule has 0 spiro atoms. The van der Waals surface area contributed by atoms with Gasteiger partial charge in [0.15, 0.2) is 5.84 Å². The molecule has 0 fully saturated rings. The van der Waals surface area contributed by atoms with Gasteiger partial charge in [0.25, 0.3) is 0 Å². The molecule has 25 heavy (non-hydrogen) atoms. The van der Waals surface area contributed by atoms with Crippen LogP contribution in [0.2, 0.25) is 0 Å². The van der Waals surface area contributed by atoms with Crippen LogP contribution in [-0.2, 0) is 4.79 Å². The molecule has 13 heteroatoms. The summed E-state index contributed by atoms with van der Waals surface area (Å²) in [5.74, 6) is -3.48. The average Bonchev–Trinajstić information content (AvgIpc) is 2.94. The van der Waals surface area contributed by atoms with Crippen LogP contribution >= 0.6 is 27.5 Å². The van der Waals surface area contributed by atoms with Crippen LogP contribution in [0, 0.1) is 11.2 Å². The summed E-state index contributed by atoms with van der Waals surface area (Å²) in [4.78, 5) is 8.90. The van der Waals surface area contributed by atoms with Crippen LogP contribution in [0.4, 0.5) is 28.9 Å². The number of rotatable bonds is 2. The molecule has 0 aliphatic carbocycles. The Morgan fingerprint density at radius 2 is 1.96 bits per heavy atom. The maximum atomic E-state index is 13.1. The summed E-state index contributed by atoms with van der Waals surface area (Å²) in [5.41, 5.74) is 6.34. The largest absolute Gasteiger partial charge is 0.490 e. The Balaban J connectivity index is 0.000000381. The van der Waals surface area contributed by atoms with Crippen LogP contribution in [0.1, 0.15) is 5.69 Å². The molecule has 136 valence electrons. The summed E-state index contributed by atoms with van der Waals surface area (Å²) in [6.45, 7) is 0. The van der Waals surface area contributed by atoms with Crippen LogP contribution in [0.15, 0.2) is 28.1 Å². The van der Waals surface area contributed by atoms with E-state index in [-0.39, 0.29) is 21.7 Å². The number of carboxylic acid groups (broad SMARTS) is 1. The fourth-order valence-corrected chi connectivity index (χ4v) is 2.21. The molecule has 2 aromatic rings. The number of hydroxylamine groups is 1. The van der Waals surface area contributed by atoms with E-state index < -0.39 is 18.0 Å². The van der Waals surface area contributed by atoms with Gasteiger partial charge in [0.1, 0.15) is 11.5 Å². The lowest BCUT2D eigenvalue weighted by Gasteiger charge is -2.17. The Labute approximate surface area is 150 Å². The second-order valence-corrected chi connectivity index (χ2v) is 5.66. The molecule has 0 bridgehead atoms. The van der Waals surface area contributed by atoms with Crippen molar-refractivity contribution < 1.29 is 32.7 Å². The van der Waals surface area contributed by atoms with Gasteiger partial charge in [-0.05, 0) is 45.7 Å². The molecule has 0 aliphatic rings. The molecule has 1 aromatic carbocycles. The molecule has 2 rings (SSSR count). The van der Waals surface area contributed by atoms with Crippen molar-refractivity contribution in [2.45, 2.75) is 6.18 Å². The number of nitrogen functional groups attached to an aromatic ring is 1. The van der Waals surface area contributed by atoms with Crippen molar-refractivity contribution in [1.82, 2.24) is 4.37 Å². The monoisotopic (exact) mass is 444 g/mol. The molecule has 5 N–H and O–H groups in total. The maximum Gasteiger partial charge on any atom is 0.490 e. The van der Waals surface area contributed by atoms with Crippen molar-refractivity contribution >= 4 is 50.6 Å². The Hall–Kier alpha value is -2.25. The lowest BCUT2D eigenvalue weighted by atomic mass is 10.2. The van der Waals surface area contributed by atoms with E-state index in [1.54, 1.807) is 5.38 Å². The van der Waals surface area contributed by atoms with Gasteiger partial charge in [0.2, 0.25) is 0 Å². The number of halogens is 5. The molecule has 0 saturated heterocycles. The van der Waals surface area contributed by atoms with Crippen molar-refractivity contribution in [3.05, 3.63) is 39.6 Å². The fourth-order valence-electron chi connectivity index (χ4n) is 1.27. The predicted octanol–water partition coefficient (Wildman–Crippen LogP) is 3.48. The minimum absolute atomic E-state index is 0.183. The Morgan fingerprint density at radius 3 is 2.36 bits per heavy atom. The highest BCUT2D eigenvalue weighted by molar-refractivity contribution is 9.10. The number of carbonyl (C=O) groups is 1. The van der Waals surface area contributed by atoms with Crippen molar-refractivity contribution in [2.24, 2.45) is 0 Å². The van der Waals surface area contributed by atoms with Gasteiger partial charge in [-0.3, -0.25) is 10.6 Å². The average molecular weight is 445 g/mol. The number of amidine groups is 1. The Morgan fingerprint density at radius 1 is 1.40 bits per heavy atom. The van der Waals surface area contributed by atoms with Crippen LogP contribution in [-0.4, -0.2) is 32.7 Å². The summed E-state index contributed by atoms with van der Waals surface area (Å²) >= 11 is 4.10. The fraction of sp³-hybridized carbons (Fsp3) is 0.0833. The van der Waals surface area contributed by atoms with Gasteiger partial charge in [-0.2, -0.15) is 17.5 Å². The summed E-state index contributed by atoms with van der Waals surface area (Å²) in [7, 11) is 0. The van der Waals surface area contributed by atoms with Crippen molar-refractivity contribution in [2.75, 3.05) is 10.8 Å². The minimum Gasteiger partial charge on any atom is -0.475 e. The molecule has 0 aliphatic heterocycles. The van der Waals surface area contributed by atoms with Gasteiger partial charge >= 0.3 is 12.1 Å². The molecule has 0 atom stereocenters.